The largest absolute Gasteiger partial charge is 0.481 e. The smallest absolute Gasteiger partial charge is 0.306 e. The zero-order valence-corrected chi connectivity index (χ0v) is 10.5. The van der Waals surface area contributed by atoms with Crippen molar-refractivity contribution in [2.24, 2.45) is 5.92 Å². The molecule has 2 N–H and O–H groups in total. The monoisotopic (exact) mass is 229 g/mol. The van der Waals surface area contributed by atoms with Crippen LogP contribution in [0.4, 0.5) is 0 Å². The predicted molar refractivity (Wildman–Crippen MR) is 62.5 cm³/mol. The van der Waals surface area contributed by atoms with Crippen LogP contribution in [-0.4, -0.2) is 36.4 Å². The zero-order chi connectivity index (χ0) is 12.2. The maximum Gasteiger partial charge on any atom is 0.306 e. The lowest BCUT2D eigenvalue weighted by Gasteiger charge is -2.31. The lowest BCUT2D eigenvalue weighted by molar-refractivity contribution is -0.143. The zero-order valence-electron chi connectivity index (χ0n) is 10.5. The van der Waals surface area contributed by atoms with Crippen LogP contribution in [0.1, 0.15) is 39.5 Å². The molecule has 1 aliphatic rings. The van der Waals surface area contributed by atoms with E-state index < -0.39 is 5.97 Å². The van der Waals surface area contributed by atoms with Gasteiger partial charge in [-0.3, -0.25) is 4.79 Å². The summed E-state index contributed by atoms with van der Waals surface area (Å²) < 4.78 is 5.32. The molecule has 94 valence electrons. The fraction of sp³-hybridized carbons (Fsp3) is 0.917. The van der Waals surface area contributed by atoms with Gasteiger partial charge >= 0.3 is 5.97 Å². The molecule has 4 heteroatoms. The Morgan fingerprint density at radius 2 is 2.19 bits per heavy atom. The number of rotatable bonds is 5. The number of carboxylic acids is 1. The van der Waals surface area contributed by atoms with E-state index in [-0.39, 0.29) is 11.5 Å². The van der Waals surface area contributed by atoms with E-state index in [4.69, 9.17) is 9.84 Å². The fourth-order valence-electron chi connectivity index (χ4n) is 2.06. The Morgan fingerprint density at radius 1 is 1.50 bits per heavy atom. The Hall–Kier alpha value is -0.610. The second-order valence-corrected chi connectivity index (χ2v) is 5.24. The van der Waals surface area contributed by atoms with Crippen LogP contribution < -0.4 is 5.32 Å². The molecule has 0 aliphatic heterocycles. The summed E-state index contributed by atoms with van der Waals surface area (Å²) in [4.78, 5) is 10.9. The molecule has 1 fully saturated rings. The van der Waals surface area contributed by atoms with Gasteiger partial charge in [0.25, 0.3) is 0 Å². The number of nitrogens with one attached hydrogen (secondary N) is 1. The number of hydrogen-bond acceptors (Lipinski definition) is 3. The third kappa shape index (κ3) is 4.10. The van der Waals surface area contributed by atoms with E-state index in [1.165, 1.54) is 0 Å². The third-order valence-corrected chi connectivity index (χ3v) is 3.39. The molecule has 0 radical (unpaired) electrons. The van der Waals surface area contributed by atoms with Gasteiger partial charge in [-0.25, -0.2) is 0 Å². The lowest BCUT2D eigenvalue weighted by Crippen LogP contribution is -2.44. The number of carboxylic acid groups (broad SMARTS) is 1. The Labute approximate surface area is 97.4 Å². The van der Waals surface area contributed by atoms with Crippen molar-refractivity contribution in [2.45, 2.75) is 51.2 Å². The van der Waals surface area contributed by atoms with Gasteiger partial charge in [-0.2, -0.15) is 0 Å². The predicted octanol–water partition coefficient (Wildman–Crippen LogP) is 1.64. The maximum atomic E-state index is 10.9. The van der Waals surface area contributed by atoms with Crippen molar-refractivity contribution in [3.8, 4) is 0 Å². The highest BCUT2D eigenvalue weighted by Gasteiger charge is 2.28. The van der Waals surface area contributed by atoms with Crippen LogP contribution in [-0.2, 0) is 9.53 Å². The summed E-state index contributed by atoms with van der Waals surface area (Å²) in [6, 6.07) is 0.323. The second kappa shape index (κ2) is 5.64. The molecule has 0 aromatic heterocycles. The summed E-state index contributed by atoms with van der Waals surface area (Å²) >= 11 is 0. The van der Waals surface area contributed by atoms with Gasteiger partial charge in [-0.1, -0.05) is 6.42 Å². The Morgan fingerprint density at radius 3 is 2.75 bits per heavy atom. The van der Waals surface area contributed by atoms with E-state index in [1.54, 1.807) is 7.11 Å². The minimum absolute atomic E-state index is 0.170. The van der Waals surface area contributed by atoms with Crippen LogP contribution in [0.2, 0.25) is 0 Å². The molecule has 1 rings (SSSR count). The summed E-state index contributed by atoms with van der Waals surface area (Å²) in [5.74, 6) is -0.825. The van der Waals surface area contributed by atoms with Crippen LogP contribution in [0.25, 0.3) is 0 Å². The summed E-state index contributed by atoms with van der Waals surface area (Å²) in [7, 11) is 1.70. The van der Waals surface area contributed by atoms with Gasteiger partial charge in [-0.15, -0.1) is 0 Å². The molecule has 0 amide bonds. The van der Waals surface area contributed by atoms with Gasteiger partial charge in [0.15, 0.2) is 0 Å². The standard InChI is InChI=1S/C12H23NO3/c1-12(2,16-3)8-13-10-6-4-5-9(7-10)11(14)15/h9-10,13H,4-8H2,1-3H3,(H,14,15). The molecule has 16 heavy (non-hydrogen) atoms. The van der Waals surface area contributed by atoms with Crippen LogP contribution in [0.15, 0.2) is 0 Å². The van der Waals surface area contributed by atoms with E-state index in [1.807, 2.05) is 13.8 Å². The summed E-state index contributed by atoms with van der Waals surface area (Å²) in [6.45, 7) is 4.81. The number of hydrogen-bond donors (Lipinski definition) is 2. The Bertz CT molecular complexity index is 240. The quantitative estimate of drug-likeness (QED) is 0.752. The molecule has 1 saturated carbocycles. The van der Waals surface area contributed by atoms with Crippen molar-refractivity contribution in [2.75, 3.05) is 13.7 Å². The SMILES string of the molecule is COC(C)(C)CNC1CCCC(C(=O)O)C1. The van der Waals surface area contributed by atoms with E-state index in [0.717, 1.165) is 32.2 Å². The first-order valence-electron chi connectivity index (χ1n) is 5.96. The maximum absolute atomic E-state index is 10.9. The molecule has 2 unspecified atom stereocenters. The van der Waals surface area contributed by atoms with Gasteiger partial charge in [0.05, 0.1) is 11.5 Å². The van der Waals surface area contributed by atoms with Crippen molar-refractivity contribution >= 4 is 5.97 Å². The van der Waals surface area contributed by atoms with E-state index in [0.29, 0.717) is 6.04 Å². The number of carbonyl (C=O) groups is 1. The lowest BCUT2D eigenvalue weighted by atomic mass is 9.85. The van der Waals surface area contributed by atoms with Crippen LogP contribution >= 0.6 is 0 Å². The minimum Gasteiger partial charge on any atom is -0.481 e. The molecule has 0 aromatic rings. The molecule has 1 aliphatic carbocycles. The average Bonchev–Trinajstić information content (AvgIpc) is 2.27. The number of methoxy groups -OCH3 is 1. The summed E-state index contributed by atoms with van der Waals surface area (Å²) in [5.41, 5.74) is -0.184. The molecule has 0 bridgehead atoms. The van der Waals surface area contributed by atoms with Crippen molar-refractivity contribution in [3.05, 3.63) is 0 Å². The van der Waals surface area contributed by atoms with Crippen molar-refractivity contribution in [1.82, 2.24) is 5.32 Å². The summed E-state index contributed by atoms with van der Waals surface area (Å²) in [6.07, 6.45) is 3.64. The highest BCUT2D eigenvalue weighted by Crippen LogP contribution is 2.24. The average molecular weight is 229 g/mol. The van der Waals surface area contributed by atoms with Crippen molar-refractivity contribution in [1.29, 1.82) is 0 Å². The Kier molecular flexibility index (Phi) is 4.74. The Balaban J connectivity index is 2.35. The van der Waals surface area contributed by atoms with Crippen molar-refractivity contribution in [3.63, 3.8) is 0 Å². The molecular formula is C12H23NO3. The van der Waals surface area contributed by atoms with Crippen LogP contribution in [0.3, 0.4) is 0 Å². The van der Waals surface area contributed by atoms with Gasteiger partial charge < -0.3 is 15.2 Å². The second-order valence-electron chi connectivity index (χ2n) is 5.24. The first kappa shape index (κ1) is 13.5. The normalized spacial score (nSPS) is 26.7. The van der Waals surface area contributed by atoms with E-state index in [2.05, 4.69) is 5.32 Å². The highest BCUT2D eigenvalue weighted by atomic mass is 16.5. The molecule has 0 saturated heterocycles. The minimum atomic E-state index is -0.655. The van der Waals surface area contributed by atoms with E-state index >= 15 is 0 Å². The topological polar surface area (TPSA) is 58.6 Å². The summed E-state index contributed by atoms with van der Waals surface area (Å²) in [5, 5.41) is 12.4. The number of ether oxygens (including phenoxy) is 1. The molecule has 0 heterocycles. The molecule has 2 atom stereocenters. The third-order valence-electron chi connectivity index (χ3n) is 3.39. The first-order chi connectivity index (χ1) is 7.44. The van der Waals surface area contributed by atoms with Gasteiger partial charge in [0.2, 0.25) is 0 Å². The van der Waals surface area contributed by atoms with E-state index in [9.17, 15) is 4.79 Å². The van der Waals surface area contributed by atoms with Crippen LogP contribution in [0.5, 0.6) is 0 Å². The molecule has 0 spiro atoms. The highest BCUT2D eigenvalue weighted by molar-refractivity contribution is 5.70. The first-order valence-corrected chi connectivity index (χ1v) is 5.96. The molecular weight excluding hydrogens is 206 g/mol. The fourth-order valence-corrected chi connectivity index (χ4v) is 2.06. The number of aliphatic carboxylic acids is 1. The molecule has 4 nitrogen and oxygen atoms in total. The van der Waals surface area contributed by atoms with Gasteiger partial charge in [0.1, 0.15) is 0 Å². The van der Waals surface area contributed by atoms with Gasteiger partial charge in [-0.05, 0) is 33.1 Å². The van der Waals surface area contributed by atoms with Crippen LogP contribution in [0, 0.1) is 5.92 Å². The van der Waals surface area contributed by atoms with Crippen molar-refractivity contribution < 1.29 is 14.6 Å². The van der Waals surface area contributed by atoms with Gasteiger partial charge in [0, 0.05) is 19.7 Å². The molecule has 0 aromatic carbocycles.